The first-order valence-corrected chi connectivity index (χ1v) is 8.70. The van der Waals surface area contributed by atoms with Gasteiger partial charge in [-0.15, -0.1) is 11.3 Å². The number of anilines is 1. The van der Waals surface area contributed by atoms with Crippen molar-refractivity contribution >= 4 is 22.9 Å². The monoisotopic (exact) mass is 331 g/mol. The average molecular weight is 331 g/mol. The highest BCUT2D eigenvalue weighted by Gasteiger charge is 2.18. The Kier molecular flexibility index (Phi) is 5.25. The first-order valence-electron chi connectivity index (χ1n) is 7.82. The molecule has 23 heavy (non-hydrogen) atoms. The predicted octanol–water partition coefficient (Wildman–Crippen LogP) is 2.80. The fraction of sp³-hybridized carbons (Fsp3) is 0.412. The number of ether oxygens (including phenoxy) is 1. The van der Waals surface area contributed by atoms with Crippen LogP contribution < -0.4 is 10.1 Å². The lowest BCUT2D eigenvalue weighted by molar-refractivity contribution is -0.115. The molecular weight excluding hydrogens is 310 g/mol. The maximum atomic E-state index is 11.9. The van der Waals surface area contributed by atoms with E-state index in [4.69, 9.17) is 4.74 Å². The zero-order valence-electron chi connectivity index (χ0n) is 13.2. The van der Waals surface area contributed by atoms with Gasteiger partial charge in [-0.25, -0.2) is 4.98 Å². The van der Waals surface area contributed by atoms with Crippen molar-refractivity contribution in [3.05, 3.63) is 40.7 Å². The molecule has 2 aromatic heterocycles. The highest BCUT2D eigenvalue weighted by molar-refractivity contribution is 7.10. The summed E-state index contributed by atoms with van der Waals surface area (Å²) in [6.45, 7) is 2.11. The highest BCUT2D eigenvalue weighted by Crippen LogP contribution is 2.18. The van der Waals surface area contributed by atoms with E-state index in [1.54, 1.807) is 17.5 Å². The molecule has 1 saturated heterocycles. The van der Waals surface area contributed by atoms with Crippen molar-refractivity contribution in [2.24, 2.45) is 0 Å². The van der Waals surface area contributed by atoms with E-state index in [-0.39, 0.29) is 12.0 Å². The van der Waals surface area contributed by atoms with Gasteiger partial charge < -0.3 is 15.0 Å². The van der Waals surface area contributed by atoms with Crippen molar-refractivity contribution in [3.63, 3.8) is 0 Å². The number of aromatic nitrogens is 1. The van der Waals surface area contributed by atoms with E-state index in [2.05, 4.69) is 22.2 Å². The van der Waals surface area contributed by atoms with E-state index in [0.717, 1.165) is 30.8 Å². The topological polar surface area (TPSA) is 54.5 Å². The molecule has 1 aliphatic heterocycles. The number of piperidine rings is 1. The van der Waals surface area contributed by atoms with Crippen molar-refractivity contribution < 1.29 is 9.53 Å². The van der Waals surface area contributed by atoms with Crippen LogP contribution in [0, 0.1) is 0 Å². The molecule has 0 aromatic carbocycles. The second kappa shape index (κ2) is 7.57. The van der Waals surface area contributed by atoms with E-state index in [0.29, 0.717) is 18.0 Å². The standard InChI is InChI=1S/C17H21N3O2S/c1-20-8-6-14(7-9-20)22-17-5-4-13(12-18-17)19-16(21)11-15-3-2-10-23-15/h2-5,10,12,14H,6-9,11H2,1H3,(H,19,21). The van der Waals surface area contributed by atoms with Gasteiger partial charge in [0.25, 0.3) is 0 Å². The van der Waals surface area contributed by atoms with Gasteiger partial charge in [0.2, 0.25) is 11.8 Å². The Balaban J connectivity index is 1.49. The Morgan fingerprint density at radius 1 is 1.39 bits per heavy atom. The lowest BCUT2D eigenvalue weighted by Gasteiger charge is -2.28. The average Bonchev–Trinajstić information content (AvgIpc) is 3.04. The fourth-order valence-corrected chi connectivity index (χ4v) is 3.28. The van der Waals surface area contributed by atoms with Crippen LogP contribution in [0.4, 0.5) is 5.69 Å². The molecule has 0 bridgehead atoms. The number of hydrogen-bond donors (Lipinski definition) is 1. The quantitative estimate of drug-likeness (QED) is 0.915. The number of nitrogens with zero attached hydrogens (tertiary/aromatic N) is 2. The van der Waals surface area contributed by atoms with Crippen molar-refractivity contribution in [1.29, 1.82) is 0 Å². The largest absolute Gasteiger partial charge is 0.474 e. The van der Waals surface area contributed by atoms with Crippen molar-refractivity contribution in [3.8, 4) is 5.88 Å². The maximum Gasteiger partial charge on any atom is 0.229 e. The third-order valence-electron chi connectivity index (χ3n) is 3.89. The summed E-state index contributed by atoms with van der Waals surface area (Å²) in [7, 11) is 2.13. The van der Waals surface area contributed by atoms with Gasteiger partial charge in [0, 0.05) is 24.0 Å². The van der Waals surface area contributed by atoms with Crippen LogP contribution in [0.2, 0.25) is 0 Å². The molecule has 0 aliphatic carbocycles. The third kappa shape index (κ3) is 4.77. The number of nitrogens with one attached hydrogen (secondary N) is 1. The molecule has 5 nitrogen and oxygen atoms in total. The smallest absolute Gasteiger partial charge is 0.229 e. The van der Waals surface area contributed by atoms with Gasteiger partial charge >= 0.3 is 0 Å². The van der Waals surface area contributed by atoms with Crippen LogP contribution in [-0.2, 0) is 11.2 Å². The van der Waals surface area contributed by atoms with Gasteiger partial charge in [0.1, 0.15) is 6.10 Å². The number of carbonyl (C=O) groups is 1. The van der Waals surface area contributed by atoms with Gasteiger partial charge in [0.05, 0.1) is 18.3 Å². The van der Waals surface area contributed by atoms with Crippen LogP contribution in [0.1, 0.15) is 17.7 Å². The molecule has 3 rings (SSSR count). The lowest BCUT2D eigenvalue weighted by Crippen LogP contribution is -2.35. The Labute approximate surface area is 140 Å². The molecule has 0 spiro atoms. The van der Waals surface area contributed by atoms with E-state index >= 15 is 0 Å². The summed E-state index contributed by atoms with van der Waals surface area (Å²) in [5.74, 6) is 0.592. The molecule has 1 N–H and O–H groups in total. The molecule has 1 fully saturated rings. The number of likely N-dealkylation sites (tertiary alicyclic amines) is 1. The molecule has 3 heterocycles. The number of thiophene rings is 1. The van der Waals surface area contributed by atoms with E-state index in [1.165, 1.54) is 0 Å². The highest BCUT2D eigenvalue weighted by atomic mass is 32.1. The number of hydrogen-bond acceptors (Lipinski definition) is 5. The zero-order valence-corrected chi connectivity index (χ0v) is 14.0. The minimum Gasteiger partial charge on any atom is -0.474 e. The van der Waals surface area contributed by atoms with E-state index in [1.807, 2.05) is 29.6 Å². The summed E-state index contributed by atoms with van der Waals surface area (Å²) >= 11 is 1.58. The van der Waals surface area contributed by atoms with Crippen LogP contribution in [0.5, 0.6) is 5.88 Å². The van der Waals surface area contributed by atoms with Gasteiger partial charge in [0.15, 0.2) is 0 Å². The molecule has 122 valence electrons. The molecule has 1 aliphatic rings. The molecule has 1 amide bonds. The van der Waals surface area contributed by atoms with Crippen LogP contribution in [0.15, 0.2) is 35.8 Å². The number of carbonyl (C=O) groups excluding carboxylic acids is 1. The van der Waals surface area contributed by atoms with Gasteiger partial charge in [-0.05, 0) is 37.4 Å². The predicted molar refractivity (Wildman–Crippen MR) is 92.0 cm³/mol. The van der Waals surface area contributed by atoms with Gasteiger partial charge in [-0.2, -0.15) is 0 Å². The minimum absolute atomic E-state index is 0.0294. The second-order valence-electron chi connectivity index (χ2n) is 5.81. The maximum absolute atomic E-state index is 11.9. The molecule has 0 unspecified atom stereocenters. The Morgan fingerprint density at radius 2 is 2.22 bits per heavy atom. The third-order valence-corrected chi connectivity index (χ3v) is 4.76. The van der Waals surface area contributed by atoms with Crippen LogP contribution in [0.3, 0.4) is 0 Å². The molecule has 0 saturated carbocycles. The first kappa shape index (κ1) is 16.0. The minimum atomic E-state index is -0.0294. The number of amides is 1. The van der Waals surface area contributed by atoms with E-state index in [9.17, 15) is 4.79 Å². The fourth-order valence-electron chi connectivity index (χ4n) is 2.57. The normalized spacial score (nSPS) is 16.2. The number of pyridine rings is 1. The Bertz CT molecular complexity index is 620. The summed E-state index contributed by atoms with van der Waals surface area (Å²) in [5.41, 5.74) is 0.697. The van der Waals surface area contributed by atoms with Crippen LogP contribution >= 0.6 is 11.3 Å². The Morgan fingerprint density at radius 3 is 2.87 bits per heavy atom. The summed E-state index contributed by atoms with van der Waals surface area (Å²) in [6, 6.07) is 7.56. The SMILES string of the molecule is CN1CCC(Oc2ccc(NC(=O)Cc3cccs3)cn2)CC1. The first-order chi connectivity index (χ1) is 11.2. The zero-order chi connectivity index (χ0) is 16.1. The van der Waals surface area contributed by atoms with E-state index < -0.39 is 0 Å². The number of rotatable bonds is 5. The van der Waals surface area contributed by atoms with Crippen LogP contribution in [0.25, 0.3) is 0 Å². The van der Waals surface area contributed by atoms with Gasteiger partial charge in [-0.1, -0.05) is 6.07 Å². The van der Waals surface area contributed by atoms with Crippen LogP contribution in [-0.4, -0.2) is 42.0 Å². The van der Waals surface area contributed by atoms with Crippen molar-refractivity contribution in [1.82, 2.24) is 9.88 Å². The summed E-state index contributed by atoms with van der Waals surface area (Å²) in [6.07, 6.45) is 4.33. The second-order valence-corrected chi connectivity index (χ2v) is 6.84. The Hall–Kier alpha value is -1.92. The molecular formula is C17H21N3O2S. The van der Waals surface area contributed by atoms with Gasteiger partial charge in [-0.3, -0.25) is 4.79 Å². The lowest BCUT2D eigenvalue weighted by atomic mass is 10.1. The molecule has 6 heteroatoms. The van der Waals surface area contributed by atoms with Crippen molar-refractivity contribution in [2.75, 3.05) is 25.5 Å². The molecule has 0 radical (unpaired) electrons. The summed E-state index contributed by atoms with van der Waals surface area (Å²) in [4.78, 5) is 19.6. The van der Waals surface area contributed by atoms with Crippen molar-refractivity contribution in [2.45, 2.75) is 25.4 Å². The summed E-state index contributed by atoms with van der Waals surface area (Å²) < 4.78 is 5.90. The molecule has 2 aromatic rings. The summed E-state index contributed by atoms with van der Waals surface area (Å²) in [5, 5.41) is 4.83. The molecule has 0 atom stereocenters.